The summed E-state index contributed by atoms with van der Waals surface area (Å²) in [4.78, 5) is 24.0. The van der Waals surface area contributed by atoms with E-state index in [0.29, 0.717) is 6.42 Å². The van der Waals surface area contributed by atoms with Crippen molar-refractivity contribution in [2.75, 3.05) is 0 Å². The fourth-order valence-electron chi connectivity index (χ4n) is 4.40. The van der Waals surface area contributed by atoms with E-state index in [9.17, 15) is 9.59 Å². The predicted molar refractivity (Wildman–Crippen MR) is 66.3 cm³/mol. The van der Waals surface area contributed by atoms with Gasteiger partial charge in [0.1, 0.15) is 17.3 Å². The Balaban J connectivity index is 1.87. The maximum Gasteiger partial charge on any atom is 0.309 e. The van der Waals surface area contributed by atoms with Gasteiger partial charge in [0.25, 0.3) is 0 Å². The predicted octanol–water partition coefficient (Wildman–Crippen LogP) is 1.77. The van der Waals surface area contributed by atoms with Crippen LogP contribution in [0.4, 0.5) is 0 Å². The molecule has 0 aromatic carbocycles. The molecule has 0 unspecified atom stereocenters. The van der Waals surface area contributed by atoms with Gasteiger partial charge < -0.3 is 9.47 Å². The third-order valence-corrected chi connectivity index (χ3v) is 5.76. The topological polar surface area (TPSA) is 55.9 Å². The van der Waals surface area contributed by atoms with Crippen molar-refractivity contribution < 1.29 is 19.1 Å². The van der Waals surface area contributed by atoms with Crippen molar-refractivity contribution in [2.24, 2.45) is 11.8 Å². The molecule has 3 fully saturated rings. The SMILES string of the molecule is CC1=C2[C@H]3OC(=O)[C@@H](C)[C@@H]3CC[C@@]3(C)O[C@@]23CC1=O. The van der Waals surface area contributed by atoms with Crippen LogP contribution in [0.3, 0.4) is 0 Å². The molecule has 0 aromatic heterocycles. The van der Waals surface area contributed by atoms with Crippen LogP contribution in [0, 0.1) is 11.8 Å². The molecule has 4 rings (SSSR count). The number of rotatable bonds is 0. The zero-order valence-electron chi connectivity index (χ0n) is 11.5. The molecular weight excluding hydrogens is 244 g/mol. The van der Waals surface area contributed by atoms with E-state index in [4.69, 9.17) is 9.47 Å². The van der Waals surface area contributed by atoms with Crippen LogP contribution < -0.4 is 0 Å². The molecule has 2 aliphatic heterocycles. The Labute approximate surface area is 112 Å². The molecule has 0 amide bonds. The molecule has 1 spiro atoms. The van der Waals surface area contributed by atoms with Gasteiger partial charge in [0.2, 0.25) is 0 Å². The Bertz CT molecular complexity index is 548. The molecule has 19 heavy (non-hydrogen) atoms. The summed E-state index contributed by atoms with van der Waals surface area (Å²) in [5.41, 5.74) is 1.05. The van der Waals surface area contributed by atoms with Gasteiger partial charge in [-0.25, -0.2) is 0 Å². The molecule has 4 aliphatic rings. The lowest BCUT2D eigenvalue weighted by molar-refractivity contribution is -0.143. The lowest BCUT2D eigenvalue weighted by atomic mass is 9.83. The van der Waals surface area contributed by atoms with Crippen molar-refractivity contribution in [3.8, 4) is 0 Å². The van der Waals surface area contributed by atoms with Crippen LogP contribution in [0.1, 0.15) is 40.0 Å². The maximum absolute atomic E-state index is 12.1. The highest BCUT2D eigenvalue weighted by Crippen LogP contribution is 2.66. The van der Waals surface area contributed by atoms with Crippen LogP contribution in [-0.4, -0.2) is 29.1 Å². The van der Waals surface area contributed by atoms with E-state index in [2.05, 4.69) is 6.92 Å². The van der Waals surface area contributed by atoms with Gasteiger partial charge in [0.05, 0.1) is 5.92 Å². The van der Waals surface area contributed by atoms with E-state index in [-0.39, 0.29) is 35.3 Å². The molecule has 102 valence electrons. The number of epoxide rings is 1. The second-order valence-corrected chi connectivity index (χ2v) is 6.65. The Morgan fingerprint density at radius 3 is 2.79 bits per heavy atom. The fourth-order valence-corrected chi connectivity index (χ4v) is 4.40. The standard InChI is InChI=1S/C15H18O4/c1-7-9-4-5-14(3)15(19-14)6-10(16)8(2)11(15)12(9)18-13(7)17/h7,9,12H,4-6H2,1-3H3/t7-,9-,12-,14+,15-/m0/s1. The molecular formula is C15H18O4. The van der Waals surface area contributed by atoms with E-state index in [1.54, 1.807) is 0 Å². The van der Waals surface area contributed by atoms with Gasteiger partial charge in [-0.3, -0.25) is 9.59 Å². The summed E-state index contributed by atoms with van der Waals surface area (Å²) in [6, 6.07) is 0. The second-order valence-electron chi connectivity index (χ2n) is 6.65. The summed E-state index contributed by atoms with van der Waals surface area (Å²) in [6.45, 7) is 5.88. The van der Waals surface area contributed by atoms with Crippen molar-refractivity contribution in [1.82, 2.24) is 0 Å². The van der Waals surface area contributed by atoms with E-state index in [0.717, 1.165) is 24.0 Å². The number of allylic oxidation sites excluding steroid dienone is 1. The van der Waals surface area contributed by atoms with Crippen molar-refractivity contribution in [3.63, 3.8) is 0 Å². The minimum absolute atomic E-state index is 0.0702. The highest BCUT2D eigenvalue weighted by Gasteiger charge is 2.75. The molecule has 0 bridgehead atoms. The zero-order valence-corrected chi connectivity index (χ0v) is 11.5. The molecule has 0 N–H and O–H groups in total. The minimum Gasteiger partial charge on any atom is -0.457 e. The molecule has 1 saturated carbocycles. The summed E-state index contributed by atoms with van der Waals surface area (Å²) in [7, 11) is 0. The molecule has 0 radical (unpaired) electrons. The highest BCUT2D eigenvalue weighted by molar-refractivity contribution is 6.01. The Morgan fingerprint density at radius 2 is 2.05 bits per heavy atom. The monoisotopic (exact) mass is 262 g/mol. The summed E-state index contributed by atoms with van der Waals surface area (Å²) in [6.07, 6.45) is 2.03. The number of fused-ring (bicyclic) bond motifs is 2. The van der Waals surface area contributed by atoms with Gasteiger partial charge in [-0.1, -0.05) is 6.92 Å². The largest absolute Gasteiger partial charge is 0.457 e. The van der Waals surface area contributed by atoms with E-state index >= 15 is 0 Å². The molecule has 2 heterocycles. The number of Topliss-reactive ketones (excluding diaryl/α,β-unsaturated/α-hetero) is 1. The average molecular weight is 262 g/mol. The lowest BCUT2D eigenvalue weighted by Crippen LogP contribution is -2.29. The van der Waals surface area contributed by atoms with Gasteiger partial charge in [-0.15, -0.1) is 0 Å². The van der Waals surface area contributed by atoms with Gasteiger partial charge >= 0.3 is 5.97 Å². The van der Waals surface area contributed by atoms with Gasteiger partial charge in [-0.05, 0) is 32.3 Å². The van der Waals surface area contributed by atoms with E-state index in [1.165, 1.54) is 0 Å². The minimum atomic E-state index is -0.460. The smallest absolute Gasteiger partial charge is 0.309 e. The summed E-state index contributed by atoms with van der Waals surface area (Å²) in [5.74, 6) is 0.150. The quantitative estimate of drug-likeness (QED) is 0.493. The Hall–Kier alpha value is -1.16. The third kappa shape index (κ3) is 1.15. The number of hydrogen-bond donors (Lipinski definition) is 0. The Kier molecular flexibility index (Phi) is 1.91. The lowest BCUT2D eigenvalue weighted by Gasteiger charge is -2.21. The normalized spacial score (nSPS) is 51.4. The first-order valence-corrected chi connectivity index (χ1v) is 7.05. The van der Waals surface area contributed by atoms with Crippen LogP contribution in [0.5, 0.6) is 0 Å². The van der Waals surface area contributed by atoms with Crippen LogP contribution in [0.25, 0.3) is 0 Å². The number of esters is 1. The Morgan fingerprint density at radius 1 is 1.32 bits per heavy atom. The van der Waals surface area contributed by atoms with Gasteiger partial charge in [0, 0.05) is 17.9 Å². The average Bonchev–Trinajstić information content (AvgIpc) is 2.72. The van der Waals surface area contributed by atoms with Crippen LogP contribution in [0.2, 0.25) is 0 Å². The molecule has 4 heteroatoms. The van der Waals surface area contributed by atoms with Crippen molar-refractivity contribution in [3.05, 3.63) is 11.1 Å². The molecule has 0 aromatic rings. The number of hydrogen-bond acceptors (Lipinski definition) is 4. The van der Waals surface area contributed by atoms with Crippen molar-refractivity contribution >= 4 is 11.8 Å². The van der Waals surface area contributed by atoms with Crippen molar-refractivity contribution in [1.29, 1.82) is 0 Å². The van der Waals surface area contributed by atoms with Crippen LogP contribution >= 0.6 is 0 Å². The fraction of sp³-hybridized carbons (Fsp3) is 0.733. The molecule has 5 atom stereocenters. The third-order valence-electron chi connectivity index (χ3n) is 5.76. The van der Waals surface area contributed by atoms with Crippen molar-refractivity contribution in [2.45, 2.75) is 57.3 Å². The summed E-state index contributed by atoms with van der Waals surface area (Å²) >= 11 is 0. The summed E-state index contributed by atoms with van der Waals surface area (Å²) in [5, 5.41) is 0. The van der Waals surface area contributed by atoms with E-state index in [1.807, 2.05) is 13.8 Å². The molecule has 2 saturated heterocycles. The van der Waals surface area contributed by atoms with Gasteiger partial charge in [-0.2, -0.15) is 0 Å². The number of carbonyl (C=O) groups is 2. The second kappa shape index (κ2) is 3.11. The molecule has 4 nitrogen and oxygen atoms in total. The first kappa shape index (κ1) is 11.6. The van der Waals surface area contributed by atoms with Crippen LogP contribution in [0.15, 0.2) is 11.1 Å². The van der Waals surface area contributed by atoms with Gasteiger partial charge in [0.15, 0.2) is 5.78 Å². The number of carbonyl (C=O) groups excluding carboxylic acids is 2. The highest BCUT2D eigenvalue weighted by atomic mass is 16.6. The maximum atomic E-state index is 12.1. The number of ketones is 1. The summed E-state index contributed by atoms with van der Waals surface area (Å²) < 4.78 is 11.6. The first-order chi connectivity index (χ1) is 8.90. The zero-order chi connectivity index (χ0) is 13.6. The molecule has 2 aliphatic carbocycles. The first-order valence-electron chi connectivity index (χ1n) is 7.05. The van der Waals surface area contributed by atoms with E-state index < -0.39 is 5.60 Å². The van der Waals surface area contributed by atoms with Crippen LogP contribution in [-0.2, 0) is 19.1 Å². The number of ether oxygens (including phenoxy) is 2.